The molecule has 2 aromatic carbocycles. The molecule has 0 bridgehead atoms. The zero-order valence-electron chi connectivity index (χ0n) is 11.5. The summed E-state index contributed by atoms with van der Waals surface area (Å²) in [6, 6.07) is 17.1. The van der Waals surface area contributed by atoms with Crippen LogP contribution in [0.15, 0.2) is 60.9 Å². The number of nitrogens with zero attached hydrogens (tertiary/aromatic N) is 1. The topological polar surface area (TPSA) is 22.1 Å². The number of aromatic nitrogens is 1. The predicted molar refractivity (Wildman–Crippen MR) is 82.8 cm³/mol. The molecule has 0 spiro atoms. The molecule has 3 aromatic rings. The smallest absolute Gasteiger partial charge is 0.0502 e. The molecule has 0 saturated carbocycles. The summed E-state index contributed by atoms with van der Waals surface area (Å²) in [7, 11) is 1.74. The van der Waals surface area contributed by atoms with Gasteiger partial charge < -0.3 is 4.74 Å². The fourth-order valence-electron chi connectivity index (χ4n) is 2.49. The Labute approximate surface area is 119 Å². The number of fused-ring (bicyclic) bond motifs is 1. The van der Waals surface area contributed by atoms with Crippen molar-refractivity contribution in [1.82, 2.24) is 4.98 Å². The zero-order chi connectivity index (χ0) is 13.8. The first-order chi connectivity index (χ1) is 9.88. The molecule has 20 heavy (non-hydrogen) atoms. The van der Waals surface area contributed by atoms with Gasteiger partial charge in [0, 0.05) is 24.9 Å². The first kappa shape index (κ1) is 12.8. The molecular weight excluding hydrogens is 246 g/mol. The lowest BCUT2D eigenvalue weighted by Crippen LogP contribution is -1.94. The van der Waals surface area contributed by atoms with E-state index in [1.54, 1.807) is 7.11 Å². The van der Waals surface area contributed by atoms with E-state index in [2.05, 4.69) is 53.5 Å². The molecule has 0 aliphatic rings. The summed E-state index contributed by atoms with van der Waals surface area (Å²) in [5, 5.41) is 2.42. The van der Waals surface area contributed by atoms with Gasteiger partial charge in [0.25, 0.3) is 0 Å². The zero-order valence-corrected chi connectivity index (χ0v) is 11.5. The Hall–Kier alpha value is -2.19. The van der Waals surface area contributed by atoms with E-state index in [0.717, 1.165) is 13.0 Å². The highest BCUT2D eigenvalue weighted by molar-refractivity contribution is 5.96. The summed E-state index contributed by atoms with van der Waals surface area (Å²) in [4.78, 5) is 4.19. The summed E-state index contributed by atoms with van der Waals surface area (Å²) >= 11 is 0. The standard InChI is InChI=1S/C18H17NO/c1-20-11-9-14-4-2-5-15(12-14)17-7-3-6-16-13-19-10-8-18(16)17/h2-8,10,12-13H,9,11H2,1H3. The molecule has 3 rings (SSSR count). The van der Waals surface area contributed by atoms with E-state index in [1.807, 2.05) is 12.4 Å². The van der Waals surface area contributed by atoms with Crippen LogP contribution in [-0.2, 0) is 11.2 Å². The minimum absolute atomic E-state index is 0.753. The highest BCUT2D eigenvalue weighted by atomic mass is 16.5. The maximum Gasteiger partial charge on any atom is 0.0502 e. The molecule has 0 saturated heterocycles. The second-order valence-corrected chi connectivity index (χ2v) is 4.85. The lowest BCUT2D eigenvalue weighted by atomic mass is 9.97. The second kappa shape index (κ2) is 5.85. The summed E-state index contributed by atoms with van der Waals surface area (Å²) in [6.07, 6.45) is 4.70. The van der Waals surface area contributed by atoms with Gasteiger partial charge in [-0.2, -0.15) is 0 Å². The third kappa shape index (κ3) is 2.56. The molecule has 0 aliphatic carbocycles. The third-order valence-electron chi connectivity index (χ3n) is 3.51. The molecule has 2 nitrogen and oxygen atoms in total. The summed E-state index contributed by atoms with van der Waals surface area (Å²) in [6.45, 7) is 0.753. The Morgan fingerprint density at radius 2 is 1.95 bits per heavy atom. The minimum Gasteiger partial charge on any atom is -0.384 e. The van der Waals surface area contributed by atoms with Crippen molar-refractivity contribution < 1.29 is 4.74 Å². The summed E-state index contributed by atoms with van der Waals surface area (Å²) in [5.41, 5.74) is 3.80. The molecule has 1 heterocycles. The van der Waals surface area contributed by atoms with Crippen molar-refractivity contribution in [3.8, 4) is 11.1 Å². The molecule has 2 heteroatoms. The summed E-state index contributed by atoms with van der Waals surface area (Å²) < 4.78 is 5.15. The highest BCUT2D eigenvalue weighted by Crippen LogP contribution is 2.28. The number of hydrogen-bond acceptors (Lipinski definition) is 2. The Morgan fingerprint density at radius 3 is 2.85 bits per heavy atom. The molecule has 0 radical (unpaired) electrons. The van der Waals surface area contributed by atoms with Gasteiger partial charge in [-0.1, -0.05) is 42.5 Å². The minimum atomic E-state index is 0.753. The van der Waals surface area contributed by atoms with E-state index in [1.165, 1.54) is 27.5 Å². The largest absolute Gasteiger partial charge is 0.384 e. The fourth-order valence-corrected chi connectivity index (χ4v) is 2.49. The Morgan fingerprint density at radius 1 is 1.05 bits per heavy atom. The molecule has 0 N–H and O–H groups in total. The third-order valence-corrected chi connectivity index (χ3v) is 3.51. The van der Waals surface area contributed by atoms with Crippen LogP contribution in [0.25, 0.3) is 21.9 Å². The van der Waals surface area contributed by atoms with Crippen LogP contribution in [-0.4, -0.2) is 18.7 Å². The fraction of sp³-hybridized carbons (Fsp3) is 0.167. The number of rotatable bonds is 4. The van der Waals surface area contributed by atoms with Crippen LogP contribution < -0.4 is 0 Å². The van der Waals surface area contributed by atoms with Crippen LogP contribution in [0.5, 0.6) is 0 Å². The van der Waals surface area contributed by atoms with Gasteiger partial charge in [-0.25, -0.2) is 0 Å². The molecule has 1 aromatic heterocycles. The van der Waals surface area contributed by atoms with Gasteiger partial charge in [-0.15, -0.1) is 0 Å². The quantitative estimate of drug-likeness (QED) is 0.707. The van der Waals surface area contributed by atoms with Gasteiger partial charge >= 0.3 is 0 Å². The lowest BCUT2D eigenvalue weighted by molar-refractivity contribution is 0.202. The number of ether oxygens (including phenoxy) is 1. The van der Waals surface area contributed by atoms with E-state index >= 15 is 0 Å². The van der Waals surface area contributed by atoms with Gasteiger partial charge in [0.15, 0.2) is 0 Å². The van der Waals surface area contributed by atoms with Crippen LogP contribution in [0.2, 0.25) is 0 Å². The SMILES string of the molecule is COCCc1cccc(-c2cccc3cnccc23)c1. The van der Waals surface area contributed by atoms with Gasteiger partial charge in [0.1, 0.15) is 0 Å². The normalized spacial score (nSPS) is 10.8. The maximum atomic E-state index is 5.15. The average Bonchev–Trinajstić information content (AvgIpc) is 2.52. The van der Waals surface area contributed by atoms with E-state index in [-0.39, 0.29) is 0 Å². The van der Waals surface area contributed by atoms with Crippen LogP contribution in [0.1, 0.15) is 5.56 Å². The van der Waals surface area contributed by atoms with Gasteiger partial charge in [0.2, 0.25) is 0 Å². The second-order valence-electron chi connectivity index (χ2n) is 4.85. The van der Waals surface area contributed by atoms with Crippen molar-refractivity contribution in [1.29, 1.82) is 0 Å². The van der Waals surface area contributed by atoms with Crippen LogP contribution >= 0.6 is 0 Å². The molecule has 0 aliphatic heterocycles. The van der Waals surface area contributed by atoms with Gasteiger partial charge in [-0.05, 0) is 34.6 Å². The Kier molecular flexibility index (Phi) is 3.75. The van der Waals surface area contributed by atoms with Crippen LogP contribution in [0.4, 0.5) is 0 Å². The van der Waals surface area contributed by atoms with Crippen molar-refractivity contribution in [2.45, 2.75) is 6.42 Å². The first-order valence-electron chi connectivity index (χ1n) is 6.79. The van der Waals surface area contributed by atoms with E-state index in [0.29, 0.717) is 0 Å². The number of methoxy groups -OCH3 is 1. The van der Waals surface area contributed by atoms with Crippen molar-refractivity contribution in [2.24, 2.45) is 0 Å². The average molecular weight is 263 g/mol. The first-order valence-corrected chi connectivity index (χ1v) is 6.79. The molecule has 0 fully saturated rings. The molecule has 0 unspecified atom stereocenters. The maximum absolute atomic E-state index is 5.15. The summed E-state index contributed by atoms with van der Waals surface area (Å²) in [5.74, 6) is 0. The Bertz CT molecular complexity index is 716. The predicted octanol–water partition coefficient (Wildman–Crippen LogP) is 4.09. The molecule has 100 valence electrons. The Balaban J connectivity index is 2.06. The van der Waals surface area contributed by atoms with Crippen molar-refractivity contribution in [2.75, 3.05) is 13.7 Å². The molecule has 0 amide bonds. The lowest BCUT2D eigenvalue weighted by Gasteiger charge is -2.08. The van der Waals surface area contributed by atoms with Gasteiger partial charge in [0.05, 0.1) is 6.61 Å². The van der Waals surface area contributed by atoms with E-state index in [4.69, 9.17) is 4.74 Å². The number of hydrogen-bond donors (Lipinski definition) is 0. The highest BCUT2D eigenvalue weighted by Gasteiger charge is 2.04. The van der Waals surface area contributed by atoms with Gasteiger partial charge in [-0.3, -0.25) is 4.98 Å². The molecular formula is C18H17NO. The van der Waals surface area contributed by atoms with E-state index in [9.17, 15) is 0 Å². The van der Waals surface area contributed by atoms with Crippen molar-refractivity contribution >= 4 is 10.8 Å². The monoisotopic (exact) mass is 263 g/mol. The molecule has 0 atom stereocenters. The van der Waals surface area contributed by atoms with Crippen LogP contribution in [0, 0.1) is 0 Å². The number of pyridine rings is 1. The van der Waals surface area contributed by atoms with Crippen molar-refractivity contribution in [3.63, 3.8) is 0 Å². The number of benzene rings is 2. The van der Waals surface area contributed by atoms with E-state index < -0.39 is 0 Å². The van der Waals surface area contributed by atoms with Crippen LogP contribution in [0.3, 0.4) is 0 Å². The van der Waals surface area contributed by atoms with Crippen molar-refractivity contribution in [3.05, 3.63) is 66.5 Å².